The SMILES string of the molecule is [2H]C([2H])([2H])c1ccc2c(n1)oc1c(-c3cc(C(C)(C)C4CCCC4)ccn3)ccc(-c3ccccc3)c12. The van der Waals surface area contributed by atoms with Crippen LogP contribution in [0.15, 0.2) is 77.3 Å². The highest BCUT2D eigenvalue weighted by Crippen LogP contribution is 2.44. The van der Waals surface area contributed by atoms with Gasteiger partial charge in [0.2, 0.25) is 5.71 Å². The summed E-state index contributed by atoms with van der Waals surface area (Å²) in [6.07, 6.45) is 7.03. The van der Waals surface area contributed by atoms with Crippen LogP contribution in [-0.2, 0) is 5.41 Å². The zero-order valence-electron chi connectivity index (χ0n) is 22.6. The van der Waals surface area contributed by atoms with E-state index in [1.165, 1.54) is 31.2 Å². The zero-order valence-corrected chi connectivity index (χ0v) is 19.6. The van der Waals surface area contributed by atoms with Gasteiger partial charge >= 0.3 is 0 Å². The minimum atomic E-state index is -2.31. The number of aromatic nitrogens is 2. The van der Waals surface area contributed by atoms with E-state index >= 15 is 0 Å². The Kier molecular flexibility index (Phi) is 4.27. The molecule has 0 aliphatic heterocycles. The Bertz CT molecular complexity index is 1600. The molecular formula is C31H30N2O. The van der Waals surface area contributed by atoms with Crippen LogP contribution in [0.1, 0.15) is 54.9 Å². The number of aryl methyl sites for hydroxylation is 1. The van der Waals surface area contributed by atoms with Crippen LogP contribution in [-0.4, -0.2) is 9.97 Å². The van der Waals surface area contributed by atoms with E-state index in [9.17, 15) is 0 Å². The Labute approximate surface area is 205 Å². The van der Waals surface area contributed by atoms with E-state index in [2.05, 4.69) is 55.2 Å². The summed E-state index contributed by atoms with van der Waals surface area (Å²) >= 11 is 0. The van der Waals surface area contributed by atoms with Gasteiger partial charge in [-0.05, 0) is 78.0 Å². The lowest BCUT2D eigenvalue weighted by molar-refractivity contribution is 0.325. The summed E-state index contributed by atoms with van der Waals surface area (Å²) in [5, 5.41) is 1.72. The third kappa shape index (κ3) is 3.42. The molecule has 170 valence electrons. The number of nitrogens with zero attached hydrogens (tertiary/aromatic N) is 2. The van der Waals surface area contributed by atoms with Crippen LogP contribution in [0.25, 0.3) is 44.5 Å². The molecule has 0 bridgehead atoms. The molecule has 6 rings (SSSR count). The molecule has 3 aromatic heterocycles. The molecular weight excluding hydrogens is 416 g/mol. The van der Waals surface area contributed by atoms with Gasteiger partial charge in [-0.2, -0.15) is 0 Å². The minimum Gasteiger partial charge on any atom is -0.437 e. The Hall–Kier alpha value is -3.46. The maximum Gasteiger partial charge on any atom is 0.227 e. The first-order valence-corrected chi connectivity index (χ1v) is 12.1. The van der Waals surface area contributed by atoms with Crippen molar-refractivity contribution in [2.45, 2.75) is 51.8 Å². The lowest BCUT2D eigenvalue weighted by Gasteiger charge is -2.32. The third-order valence-electron chi connectivity index (χ3n) is 7.73. The zero-order chi connectivity index (χ0) is 25.8. The van der Waals surface area contributed by atoms with Crippen LogP contribution in [0, 0.1) is 12.8 Å². The fourth-order valence-corrected chi connectivity index (χ4v) is 5.68. The molecule has 0 N–H and O–H groups in total. The second-order valence-corrected chi connectivity index (χ2v) is 10.0. The summed E-state index contributed by atoms with van der Waals surface area (Å²) in [6, 6.07) is 22.1. The van der Waals surface area contributed by atoms with Gasteiger partial charge in [-0.25, -0.2) is 4.98 Å². The highest BCUT2D eigenvalue weighted by atomic mass is 16.3. The molecule has 1 aliphatic carbocycles. The van der Waals surface area contributed by atoms with Crippen LogP contribution in [0.5, 0.6) is 0 Å². The van der Waals surface area contributed by atoms with Gasteiger partial charge in [0.05, 0.1) is 5.69 Å². The molecule has 3 nitrogen and oxygen atoms in total. The van der Waals surface area contributed by atoms with E-state index in [4.69, 9.17) is 13.5 Å². The van der Waals surface area contributed by atoms with Crippen molar-refractivity contribution in [3.05, 3.63) is 84.2 Å². The van der Waals surface area contributed by atoms with E-state index in [1.54, 1.807) is 6.07 Å². The summed E-state index contributed by atoms with van der Waals surface area (Å²) in [7, 11) is 0. The van der Waals surface area contributed by atoms with Crippen LogP contribution >= 0.6 is 0 Å². The van der Waals surface area contributed by atoms with Gasteiger partial charge in [0.25, 0.3) is 0 Å². The number of benzene rings is 2. The van der Waals surface area contributed by atoms with Crippen molar-refractivity contribution in [3.63, 3.8) is 0 Å². The minimum absolute atomic E-state index is 0.0281. The second-order valence-electron chi connectivity index (χ2n) is 10.0. The molecule has 0 radical (unpaired) electrons. The molecule has 3 heterocycles. The molecule has 1 aliphatic rings. The molecule has 0 amide bonds. The summed E-state index contributed by atoms with van der Waals surface area (Å²) < 4.78 is 29.8. The van der Waals surface area contributed by atoms with Crippen molar-refractivity contribution in [1.82, 2.24) is 9.97 Å². The molecule has 0 atom stereocenters. The molecule has 5 aromatic rings. The predicted molar refractivity (Wildman–Crippen MR) is 140 cm³/mol. The quantitative estimate of drug-likeness (QED) is 0.276. The molecule has 0 spiro atoms. The van der Waals surface area contributed by atoms with Gasteiger partial charge < -0.3 is 4.42 Å². The van der Waals surface area contributed by atoms with E-state index < -0.39 is 6.85 Å². The summed E-state index contributed by atoms with van der Waals surface area (Å²) in [5.74, 6) is 0.664. The summed E-state index contributed by atoms with van der Waals surface area (Å²) in [4.78, 5) is 9.17. The Morgan fingerprint density at radius 2 is 1.74 bits per heavy atom. The van der Waals surface area contributed by atoms with Gasteiger partial charge in [0.15, 0.2) is 0 Å². The molecule has 0 saturated heterocycles. The van der Waals surface area contributed by atoms with Crippen LogP contribution in [0.2, 0.25) is 0 Å². The number of hydrogen-bond donors (Lipinski definition) is 0. The molecule has 3 heteroatoms. The first-order valence-electron chi connectivity index (χ1n) is 13.6. The monoisotopic (exact) mass is 449 g/mol. The topological polar surface area (TPSA) is 38.9 Å². The summed E-state index contributed by atoms with van der Waals surface area (Å²) in [5.41, 5.74) is 6.18. The van der Waals surface area contributed by atoms with Crippen molar-refractivity contribution >= 4 is 22.1 Å². The number of hydrogen-bond acceptors (Lipinski definition) is 3. The van der Waals surface area contributed by atoms with Gasteiger partial charge in [-0.3, -0.25) is 4.98 Å². The average Bonchev–Trinajstić information content (AvgIpc) is 3.57. The summed E-state index contributed by atoms with van der Waals surface area (Å²) in [6.45, 7) is 2.38. The lowest BCUT2D eigenvalue weighted by atomic mass is 9.72. The highest BCUT2D eigenvalue weighted by Gasteiger charge is 2.33. The van der Waals surface area contributed by atoms with Gasteiger partial charge in [-0.1, -0.05) is 63.1 Å². The van der Waals surface area contributed by atoms with Gasteiger partial charge in [0, 0.05) is 32.3 Å². The predicted octanol–water partition coefficient (Wildman–Crippen LogP) is 8.49. The Morgan fingerprint density at radius 1 is 0.941 bits per heavy atom. The first kappa shape index (κ1) is 17.9. The fraction of sp³-hybridized carbons (Fsp3) is 0.290. The Balaban J connectivity index is 1.58. The second kappa shape index (κ2) is 8.09. The van der Waals surface area contributed by atoms with Gasteiger partial charge in [-0.15, -0.1) is 0 Å². The van der Waals surface area contributed by atoms with Crippen LogP contribution < -0.4 is 0 Å². The fourth-order valence-electron chi connectivity index (χ4n) is 5.68. The third-order valence-corrected chi connectivity index (χ3v) is 7.73. The molecule has 2 aromatic carbocycles. The number of fused-ring (bicyclic) bond motifs is 3. The van der Waals surface area contributed by atoms with E-state index in [0.717, 1.165) is 33.2 Å². The first-order chi connectivity index (χ1) is 17.7. The number of rotatable bonds is 4. The maximum absolute atomic E-state index is 7.81. The van der Waals surface area contributed by atoms with Crippen molar-refractivity contribution in [3.8, 4) is 22.4 Å². The van der Waals surface area contributed by atoms with Crippen LogP contribution in [0.3, 0.4) is 0 Å². The van der Waals surface area contributed by atoms with E-state index in [0.29, 0.717) is 17.2 Å². The van der Waals surface area contributed by atoms with Gasteiger partial charge in [0.1, 0.15) is 5.58 Å². The number of furan rings is 1. The van der Waals surface area contributed by atoms with Crippen molar-refractivity contribution < 1.29 is 8.53 Å². The van der Waals surface area contributed by atoms with E-state index in [-0.39, 0.29) is 11.1 Å². The molecule has 1 fully saturated rings. The largest absolute Gasteiger partial charge is 0.437 e. The molecule has 1 saturated carbocycles. The van der Waals surface area contributed by atoms with Crippen molar-refractivity contribution in [2.75, 3.05) is 0 Å². The lowest BCUT2D eigenvalue weighted by Crippen LogP contribution is -2.26. The highest BCUT2D eigenvalue weighted by molar-refractivity contribution is 6.15. The maximum atomic E-state index is 7.81. The molecule has 34 heavy (non-hydrogen) atoms. The normalized spacial score (nSPS) is 16.6. The Morgan fingerprint density at radius 3 is 2.53 bits per heavy atom. The van der Waals surface area contributed by atoms with Crippen molar-refractivity contribution in [1.29, 1.82) is 0 Å². The smallest absolute Gasteiger partial charge is 0.227 e. The number of pyridine rings is 2. The van der Waals surface area contributed by atoms with Crippen molar-refractivity contribution in [2.24, 2.45) is 5.92 Å². The molecule has 0 unspecified atom stereocenters. The van der Waals surface area contributed by atoms with E-state index in [1.807, 2.05) is 30.5 Å². The standard InChI is InChI=1S/C31H30N2O/c1-20-13-14-26-28-24(21-9-5-4-6-10-21)15-16-25(29(28)34-30(26)33-20)27-19-23(17-18-32-27)31(2,3)22-11-7-8-12-22/h4-6,9-10,13-19,22H,7-8,11-12H2,1-3H3/i1D3. The van der Waals surface area contributed by atoms with Crippen LogP contribution in [0.4, 0.5) is 0 Å². The average molecular weight is 450 g/mol.